The Morgan fingerprint density at radius 3 is 1.83 bits per heavy atom. The Balaban J connectivity index is 0.000000328. The lowest BCUT2D eigenvalue weighted by atomic mass is 9.91. The highest BCUT2D eigenvalue weighted by Gasteiger charge is 2.44. The van der Waals surface area contributed by atoms with Crippen LogP contribution >= 0.6 is 0 Å². The number of nitrogens with two attached hydrogens (primary N) is 1. The molecule has 0 aliphatic carbocycles. The van der Waals surface area contributed by atoms with E-state index in [-0.39, 0.29) is 11.9 Å². The topological polar surface area (TPSA) is 97.4 Å². The third kappa shape index (κ3) is 7.44. The number of amides is 1. The van der Waals surface area contributed by atoms with Crippen LogP contribution in [0.2, 0.25) is 0 Å². The molecule has 3 aromatic rings. The summed E-state index contributed by atoms with van der Waals surface area (Å²) in [5.74, 6) is 0.167. The monoisotopic (exact) mass is 476 g/mol. The molecule has 1 aromatic carbocycles. The van der Waals surface area contributed by atoms with Crippen molar-refractivity contribution >= 4 is 11.9 Å². The summed E-state index contributed by atoms with van der Waals surface area (Å²) in [5, 5.41) is 0. The summed E-state index contributed by atoms with van der Waals surface area (Å²) < 4.78 is 0. The summed E-state index contributed by atoms with van der Waals surface area (Å²) in [6, 6.07) is 14.0. The van der Waals surface area contributed by atoms with Crippen molar-refractivity contribution in [3.8, 4) is 11.1 Å². The molecule has 1 unspecified atom stereocenters. The van der Waals surface area contributed by atoms with Crippen LogP contribution in [0, 0.1) is 0 Å². The summed E-state index contributed by atoms with van der Waals surface area (Å²) in [4.78, 5) is 30.5. The summed E-state index contributed by atoms with van der Waals surface area (Å²) in [7, 11) is 1.65. The summed E-state index contributed by atoms with van der Waals surface area (Å²) in [5.41, 5.74) is 9.87. The van der Waals surface area contributed by atoms with E-state index in [9.17, 15) is 4.79 Å². The maximum atomic E-state index is 12.3. The van der Waals surface area contributed by atoms with E-state index in [4.69, 9.17) is 5.73 Å². The Labute approximate surface area is 210 Å². The van der Waals surface area contributed by atoms with E-state index in [1.165, 1.54) is 11.2 Å². The molecule has 2 N–H and O–H groups in total. The fraction of sp³-hybridized carbons (Fsp3) is 0.393. The Morgan fingerprint density at radius 1 is 0.886 bits per heavy atom. The lowest BCUT2D eigenvalue weighted by Gasteiger charge is -2.21. The minimum absolute atomic E-state index is 0.0969. The maximum Gasteiger partial charge on any atom is 0.261 e. The zero-order valence-corrected chi connectivity index (χ0v) is 22.4. The molecule has 1 atom stereocenters. The van der Waals surface area contributed by atoms with Gasteiger partial charge in [0.15, 0.2) is 11.5 Å². The Hall–Kier alpha value is -3.61. The smallest absolute Gasteiger partial charge is 0.261 e. The van der Waals surface area contributed by atoms with Crippen LogP contribution in [0.25, 0.3) is 11.1 Å². The second-order valence-corrected chi connectivity index (χ2v) is 7.45. The lowest BCUT2D eigenvalue weighted by Crippen LogP contribution is -2.39. The number of aliphatic imine (C=N–C) groups is 1. The first kappa shape index (κ1) is 29.4. The first-order valence-electron chi connectivity index (χ1n) is 12.3. The van der Waals surface area contributed by atoms with Crippen molar-refractivity contribution in [2.24, 2.45) is 10.7 Å². The number of aryl methyl sites for hydroxylation is 2. The quantitative estimate of drug-likeness (QED) is 0.543. The molecule has 4 rings (SSSR count). The molecule has 1 aliphatic rings. The van der Waals surface area contributed by atoms with Crippen LogP contribution in [0.4, 0.5) is 0 Å². The van der Waals surface area contributed by atoms with Crippen LogP contribution in [0.1, 0.15) is 65.4 Å². The van der Waals surface area contributed by atoms with Crippen molar-refractivity contribution in [3.05, 3.63) is 78.1 Å². The highest BCUT2D eigenvalue weighted by Crippen LogP contribution is 2.32. The second-order valence-electron chi connectivity index (χ2n) is 7.45. The number of pyridine rings is 1. The molecule has 2 aromatic heterocycles. The minimum Gasteiger partial charge on any atom is -0.369 e. The fourth-order valence-electron chi connectivity index (χ4n) is 3.34. The van der Waals surface area contributed by atoms with Crippen LogP contribution < -0.4 is 5.73 Å². The number of guanidine groups is 1. The number of carbonyl (C=O) groups excluding carboxylic acids is 1. The van der Waals surface area contributed by atoms with Crippen molar-refractivity contribution in [1.82, 2.24) is 19.9 Å². The second kappa shape index (κ2) is 14.6. The summed E-state index contributed by atoms with van der Waals surface area (Å²) in [6.45, 7) is 13.9. The van der Waals surface area contributed by atoms with Crippen LogP contribution in [-0.4, -0.2) is 38.8 Å². The summed E-state index contributed by atoms with van der Waals surface area (Å²) in [6.07, 6.45) is 6.82. The molecular weight excluding hydrogens is 436 g/mol. The molecule has 188 valence electrons. The molecule has 1 amide bonds. The lowest BCUT2D eigenvalue weighted by molar-refractivity contribution is -0.130. The van der Waals surface area contributed by atoms with E-state index < -0.39 is 5.54 Å². The van der Waals surface area contributed by atoms with Gasteiger partial charge in [-0.05, 0) is 43.0 Å². The molecule has 7 heteroatoms. The van der Waals surface area contributed by atoms with Gasteiger partial charge in [-0.25, -0.2) is 15.0 Å². The van der Waals surface area contributed by atoms with Crippen LogP contribution in [-0.2, 0) is 23.2 Å². The number of hydrogen-bond acceptors (Lipinski definition) is 6. The molecule has 0 saturated carbocycles. The van der Waals surface area contributed by atoms with Gasteiger partial charge in [0, 0.05) is 36.4 Å². The van der Waals surface area contributed by atoms with Gasteiger partial charge in [-0.3, -0.25) is 14.7 Å². The van der Waals surface area contributed by atoms with E-state index in [1.807, 2.05) is 96.4 Å². The number of likely N-dealkylation sites (N-methyl/N-ethyl adjacent to an activating group) is 1. The molecule has 0 spiro atoms. The molecule has 35 heavy (non-hydrogen) atoms. The number of benzene rings is 1. The normalized spacial score (nSPS) is 16.1. The molecule has 7 nitrogen and oxygen atoms in total. The standard InChI is InChI=1S/C14H20N4O.C10H8N2.2C2H6/c1-5-10-7-9(8-11(6-2)16-10)14(3)12(19)18(4)13(15)17-14;1-2-4-9(5-3-1)10-6-11-8-12-7-10;2*1-2/h7-8H,5-6H2,1-4H3,(H2,15,17);1-8H;2*1-2H3. The third-order valence-corrected chi connectivity index (χ3v) is 5.29. The van der Waals surface area contributed by atoms with Crippen molar-refractivity contribution < 1.29 is 4.79 Å². The van der Waals surface area contributed by atoms with E-state index in [0.29, 0.717) is 0 Å². The number of aromatic nitrogens is 3. The largest absolute Gasteiger partial charge is 0.369 e. The number of rotatable bonds is 4. The summed E-state index contributed by atoms with van der Waals surface area (Å²) >= 11 is 0. The highest BCUT2D eigenvalue weighted by molar-refractivity contribution is 6.06. The van der Waals surface area contributed by atoms with Crippen LogP contribution in [0.3, 0.4) is 0 Å². The van der Waals surface area contributed by atoms with Gasteiger partial charge in [-0.2, -0.15) is 0 Å². The molecule has 3 heterocycles. The van der Waals surface area contributed by atoms with Gasteiger partial charge in [0.1, 0.15) is 6.33 Å². The van der Waals surface area contributed by atoms with Gasteiger partial charge in [0.2, 0.25) is 0 Å². The van der Waals surface area contributed by atoms with E-state index in [1.54, 1.807) is 14.0 Å². The number of carbonyl (C=O) groups is 1. The first-order chi connectivity index (χ1) is 16.9. The molecule has 0 radical (unpaired) electrons. The molecule has 0 saturated heterocycles. The molecule has 1 aliphatic heterocycles. The van der Waals surface area contributed by atoms with Crippen molar-refractivity contribution in [2.75, 3.05) is 7.05 Å². The fourth-order valence-corrected chi connectivity index (χ4v) is 3.34. The van der Waals surface area contributed by atoms with E-state index in [2.05, 4.69) is 19.9 Å². The van der Waals surface area contributed by atoms with E-state index in [0.717, 1.165) is 40.9 Å². The number of nitrogens with zero attached hydrogens (tertiary/aromatic N) is 5. The Kier molecular flexibility index (Phi) is 12.3. The van der Waals surface area contributed by atoms with Gasteiger partial charge >= 0.3 is 0 Å². The molecular formula is C28H40N6O. The highest BCUT2D eigenvalue weighted by atomic mass is 16.2. The van der Waals surface area contributed by atoms with Gasteiger partial charge in [-0.15, -0.1) is 0 Å². The Bertz CT molecular complexity index is 1010. The van der Waals surface area contributed by atoms with Crippen molar-refractivity contribution in [3.63, 3.8) is 0 Å². The van der Waals surface area contributed by atoms with E-state index >= 15 is 0 Å². The average Bonchev–Trinajstić information content (AvgIpc) is 3.14. The van der Waals surface area contributed by atoms with Crippen molar-refractivity contribution in [1.29, 1.82) is 0 Å². The van der Waals surface area contributed by atoms with Crippen LogP contribution in [0.15, 0.2) is 66.2 Å². The molecule has 0 fully saturated rings. The van der Waals surface area contributed by atoms with Gasteiger partial charge in [-0.1, -0.05) is 71.9 Å². The Morgan fingerprint density at radius 2 is 1.40 bits per heavy atom. The maximum absolute atomic E-state index is 12.3. The zero-order chi connectivity index (χ0) is 26.4. The molecule has 0 bridgehead atoms. The van der Waals surface area contributed by atoms with Gasteiger partial charge in [0.25, 0.3) is 5.91 Å². The SMILES string of the molecule is CC.CC.CCc1cc(C2(C)N=C(N)N(C)C2=O)cc(CC)n1.c1ccc(-c2cncnc2)cc1. The van der Waals surface area contributed by atoms with Gasteiger partial charge < -0.3 is 5.73 Å². The minimum atomic E-state index is -0.921. The predicted octanol–water partition coefficient (Wildman–Crippen LogP) is 5.40. The first-order valence-corrected chi connectivity index (χ1v) is 12.3. The van der Waals surface area contributed by atoms with Crippen LogP contribution in [0.5, 0.6) is 0 Å². The third-order valence-electron chi connectivity index (χ3n) is 5.29. The van der Waals surface area contributed by atoms with Gasteiger partial charge in [0.05, 0.1) is 0 Å². The number of hydrogen-bond donors (Lipinski definition) is 1. The average molecular weight is 477 g/mol. The zero-order valence-electron chi connectivity index (χ0n) is 22.4. The predicted molar refractivity (Wildman–Crippen MR) is 145 cm³/mol. The van der Waals surface area contributed by atoms with Crippen molar-refractivity contribution in [2.45, 2.75) is 66.8 Å².